The molecular formula is C19H18N2O6S. The van der Waals surface area contributed by atoms with Crippen molar-refractivity contribution >= 4 is 45.2 Å². The molecule has 0 aliphatic carbocycles. The zero-order chi connectivity index (χ0) is 20.3. The van der Waals surface area contributed by atoms with Crippen LogP contribution in [0.4, 0.5) is 5.00 Å². The van der Waals surface area contributed by atoms with Gasteiger partial charge in [-0.05, 0) is 19.1 Å². The molecule has 0 unspecified atom stereocenters. The molecule has 0 fully saturated rings. The zero-order valence-electron chi connectivity index (χ0n) is 15.2. The van der Waals surface area contributed by atoms with Crippen molar-refractivity contribution in [2.45, 2.75) is 13.5 Å². The van der Waals surface area contributed by atoms with Crippen LogP contribution in [-0.4, -0.2) is 31.5 Å². The minimum atomic E-state index is -0.723. The topological polar surface area (TPSA) is 121 Å². The van der Waals surface area contributed by atoms with Crippen molar-refractivity contribution in [3.8, 4) is 0 Å². The second-order valence-electron chi connectivity index (χ2n) is 5.67. The predicted octanol–water partition coefficient (Wildman–Crippen LogP) is 2.97. The summed E-state index contributed by atoms with van der Waals surface area (Å²) in [7, 11) is 1.45. The molecule has 1 amide bonds. The SMILES string of the molecule is CCOC(=O)c1c(N)sc(C(=O)NC)c1COC(=O)c1cc2ccccc2o1. The number of carbonyl (C=O) groups is 3. The van der Waals surface area contributed by atoms with Crippen LogP contribution in [0.1, 0.15) is 43.1 Å². The highest BCUT2D eigenvalue weighted by Gasteiger charge is 2.28. The van der Waals surface area contributed by atoms with Gasteiger partial charge in [-0.25, -0.2) is 9.59 Å². The summed E-state index contributed by atoms with van der Waals surface area (Å²) in [6, 6.07) is 8.70. The van der Waals surface area contributed by atoms with Gasteiger partial charge in [-0.15, -0.1) is 11.3 Å². The highest BCUT2D eigenvalue weighted by Crippen LogP contribution is 2.33. The van der Waals surface area contributed by atoms with Crippen molar-refractivity contribution in [1.29, 1.82) is 0 Å². The van der Waals surface area contributed by atoms with Crippen molar-refractivity contribution < 1.29 is 28.3 Å². The first-order valence-electron chi connectivity index (χ1n) is 8.42. The molecule has 1 aromatic carbocycles. The third-order valence-corrected chi connectivity index (χ3v) is 4.98. The van der Waals surface area contributed by atoms with Gasteiger partial charge in [0.25, 0.3) is 5.91 Å². The molecule has 0 spiro atoms. The quantitative estimate of drug-likeness (QED) is 0.608. The minimum Gasteiger partial charge on any atom is -0.462 e. The Labute approximate surface area is 164 Å². The third-order valence-electron chi connectivity index (χ3n) is 3.92. The van der Waals surface area contributed by atoms with Crippen molar-refractivity contribution in [2.75, 3.05) is 19.4 Å². The average molecular weight is 402 g/mol. The first-order valence-corrected chi connectivity index (χ1v) is 9.24. The fourth-order valence-electron chi connectivity index (χ4n) is 2.64. The summed E-state index contributed by atoms with van der Waals surface area (Å²) in [5.41, 5.74) is 6.69. The number of anilines is 1. The van der Waals surface area contributed by atoms with Crippen molar-refractivity contribution in [1.82, 2.24) is 5.32 Å². The van der Waals surface area contributed by atoms with E-state index in [9.17, 15) is 14.4 Å². The fraction of sp³-hybridized carbons (Fsp3) is 0.211. The van der Waals surface area contributed by atoms with Gasteiger partial charge < -0.3 is 24.9 Å². The summed E-state index contributed by atoms with van der Waals surface area (Å²) >= 11 is 0.929. The van der Waals surface area contributed by atoms with Crippen LogP contribution in [-0.2, 0) is 16.1 Å². The van der Waals surface area contributed by atoms with Gasteiger partial charge in [0, 0.05) is 18.0 Å². The number of nitrogens with one attached hydrogen (secondary N) is 1. The Kier molecular flexibility index (Phi) is 5.65. The van der Waals surface area contributed by atoms with E-state index in [1.807, 2.05) is 6.07 Å². The molecule has 3 rings (SSSR count). The highest BCUT2D eigenvalue weighted by atomic mass is 32.1. The second-order valence-corrected chi connectivity index (χ2v) is 6.73. The molecule has 3 aromatic rings. The van der Waals surface area contributed by atoms with Crippen LogP contribution >= 0.6 is 11.3 Å². The molecule has 146 valence electrons. The molecule has 0 saturated heterocycles. The average Bonchev–Trinajstić information content (AvgIpc) is 3.26. The van der Waals surface area contributed by atoms with E-state index < -0.39 is 17.8 Å². The molecule has 0 radical (unpaired) electrons. The Bertz CT molecular complexity index is 1020. The Morgan fingerprint density at radius 2 is 1.93 bits per heavy atom. The van der Waals surface area contributed by atoms with E-state index in [-0.39, 0.29) is 40.0 Å². The molecule has 0 aliphatic rings. The van der Waals surface area contributed by atoms with Gasteiger partial charge in [0.05, 0.1) is 6.61 Å². The molecule has 3 N–H and O–H groups in total. The van der Waals surface area contributed by atoms with Gasteiger partial charge in [-0.1, -0.05) is 18.2 Å². The minimum absolute atomic E-state index is 0.0172. The molecule has 0 saturated carbocycles. The number of carbonyl (C=O) groups excluding carboxylic acids is 3. The van der Waals surface area contributed by atoms with Gasteiger partial charge in [0.1, 0.15) is 27.6 Å². The number of nitrogen functional groups attached to an aromatic ring is 1. The summed E-state index contributed by atoms with van der Waals surface area (Å²) in [6.45, 7) is 1.46. The third kappa shape index (κ3) is 3.70. The van der Waals surface area contributed by atoms with Crippen molar-refractivity contribution in [3.05, 3.63) is 52.1 Å². The molecular weight excluding hydrogens is 384 g/mol. The standard InChI is InChI=1S/C19H18N2O6S/c1-3-25-19(24)14-11(15(17(22)21-2)28-16(14)20)9-26-18(23)13-8-10-6-4-5-7-12(10)27-13/h4-8H,3,9,20H2,1-2H3,(H,21,22). The van der Waals surface area contributed by atoms with Gasteiger partial charge in [-0.2, -0.15) is 0 Å². The number of nitrogens with two attached hydrogens (primary N) is 1. The monoisotopic (exact) mass is 402 g/mol. The van der Waals surface area contributed by atoms with Crippen molar-refractivity contribution in [3.63, 3.8) is 0 Å². The number of rotatable bonds is 6. The van der Waals surface area contributed by atoms with Crippen LogP contribution in [0.3, 0.4) is 0 Å². The summed E-state index contributed by atoms with van der Waals surface area (Å²) in [4.78, 5) is 37.0. The molecule has 9 heteroatoms. The van der Waals surface area contributed by atoms with Crippen LogP contribution in [0.5, 0.6) is 0 Å². The van der Waals surface area contributed by atoms with E-state index in [1.54, 1.807) is 31.2 Å². The van der Waals surface area contributed by atoms with Crippen LogP contribution in [0.2, 0.25) is 0 Å². The first-order chi connectivity index (χ1) is 13.5. The lowest BCUT2D eigenvalue weighted by Crippen LogP contribution is -2.19. The highest BCUT2D eigenvalue weighted by molar-refractivity contribution is 7.18. The van der Waals surface area contributed by atoms with Crippen LogP contribution < -0.4 is 11.1 Å². The number of amides is 1. The van der Waals surface area contributed by atoms with Crippen LogP contribution in [0.15, 0.2) is 34.7 Å². The number of fused-ring (bicyclic) bond motifs is 1. The lowest BCUT2D eigenvalue weighted by atomic mass is 10.1. The summed E-state index contributed by atoms with van der Waals surface area (Å²) in [6.07, 6.45) is 0. The Hall–Kier alpha value is -3.33. The van der Waals surface area contributed by atoms with Gasteiger partial charge in [-0.3, -0.25) is 4.79 Å². The fourth-order valence-corrected chi connectivity index (χ4v) is 3.65. The Morgan fingerprint density at radius 3 is 2.61 bits per heavy atom. The molecule has 2 heterocycles. The Balaban J connectivity index is 1.88. The number of esters is 2. The van der Waals surface area contributed by atoms with Gasteiger partial charge in [0.15, 0.2) is 0 Å². The van der Waals surface area contributed by atoms with Gasteiger partial charge in [0.2, 0.25) is 5.76 Å². The molecule has 28 heavy (non-hydrogen) atoms. The summed E-state index contributed by atoms with van der Waals surface area (Å²) in [5.74, 6) is -1.83. The number of hydrogen-bond acceptors (Lipinski definition) is 8. The van der Waals surface area contributed by atoms with E-state index in [1.165, 1.54) is 7.05 Å². The number of ether oxygens (including phenoxy) is 2. The normalized spacial score (nSPS) is 10.6. The molecule has 2 aromatic heterocycles. The number of benzene rings is 1. The number of hydrogen-bond donors (Lipinski definition) is 2. The van der Waals surface area contributed by atoms with Crippen LogP contribution in [0.25, 0.3) is 11.0 Å². The van der Waals surface area contributed by atoms with E-state index in [0.717, 1.165) is 16.7 Å². The lowest BCUT2D eigenvalue weighted by Gasteiger charge is -2.08. The maximum Gasteiger partial charge on any atom is 0.374 e. The number of thiophene rings is 1. The largest absolute Gasteiger partial charge is 0.462 e. The molecule has 0 bridgehead atoms. The van der Waals surface area contributed by atoms with E-state index >= 15 is 0 Å². The van der Waals surface area contributed by atoms with E-state index in [4.69, 9.17) is 19.6 Å². The zero-order valence-corrected chi connectivity index (χ0v) is 16.1. The molecule has 0 aliphatic heterocycles. The summed E-state index contributed by atoms with van der Waals surface area (Å²) < 4.78 is 15.8. The van der Waals surface area contributed by atoms with Crippen molar-refractivity contribution in [2.24, 2.45) is 0 Å². The van der Waals surface area contributed by atoms with Gasteiger partial charge >= 0.3 is 11.9 Å². The predicted molar refractivity (Wildman–Crippen MR) is 103 cm³/mol. The van der Waals surface area contributed by atoms with Crippen LogP contribution in [0, 0.1) is 0 Å². The lowest BCUT2D eigenvalue weighted by molar-refractivity contribution is 0.0422. The summed E-state index contributed by atoms with van der Waals surface area (Å²) in [5, 5.41) is 3.35. The van der Waals surface area contributed by atoms with E-state index in [2.05, 4.69) is 5.32 Å². The Morgan fingerprint density at radius 1 is 1.18 bits per heavy atom. The smallest absolute Gasteiger partial charge is 0.374 e. The second kappa shape index (κ2) is 8.13. The maximum absolute atomic E-state index is 12.4. The molecule has 8 nitrogen and oxygen atoms in total. The first kappa shape index (κ1) is 19.4. The maximum atomic E-state index is 12.4. The number of para-hydroxylation sites is 1. The number of furan rings is 1. The molecule has 0 atom stereocenters. The van der Waals surface area contributed by atoms with E-state index in [0.29, 0.717) is 5.58 Å².